The SMILES string of the molecule is NC1C=CC=C(NP(C2CCCCC2)C2CCCCC2)N1P(C1CCCCC1)C1CCCCC1. The molecule has 1 heterocycles. The third-order valence-corrected chi connectivity index (χ3v) is 16.0. The lowest BCUT2D eigenvalue weighted by Gasteiger charge is -2.50. The Morgan fingerprint density at radius 3 is 1.47 bits per heavy atom. The second kappa shape index (κ2) is 12.9. The molecule has 0 spiro atoms. The van der Waals surface area contributed by atoms with Gasteiger partial charge in [-0.25, -0.2) is 0 Å². The van der Waals surface area contributed by atoms with Crippen molar-refractivity contribution in [2.24, 2.45) is 5.73 Å². The summed E-state index contributed by atoms with van der Waals surface area (Å²) in [6, 6.07) is 0. The van der Waals surface area contributed by atoms with E-state index in [1.807, 2.05) is 0 Å². The number of nitrogens with two attached hydrogens (primary N) is 1. The van der Waals surface area contributed by atoms with Gasteiger partial charge in [0.15, 0.2) is 0 Å². The average Bonchev–Trinajstić information content (AvgIpc) is 2.91. The molecule has 4 saturated carbocycles. The van der Waals surface area contributed by atoms with Gasteiger partial charge in [0.05, 0.1) is 0 Å². The zero-order chi connectivity index (χ0) is 23.2. The number of rotatable bonds is 7. The van der Waals surface area contributed by atoms with Crippen LogP contribution in [0.4, 0.5) is 0 Å². The van der Waals surface area contributed by atoms with Gasteiger partial charge in [0.2, 0.25) is 0 Å². The molecule has 34 heavy (non-hydrogen) atoms. The molecule has 1 atom stereocenters. The predicted octanol–water partition coefficient (Wildman–Crippen LogP) is 8.70. The normalized spacial score (nSPS) is 29.1. The van der Waals surface area contributed by atoms with Crippen LogP contribution in [0.15, 0.2) is 24.0 Å². The summed E-state index contributed by atoms with van der Waals surface area (Å²) in [6.07, 6.45) is 36.1. The zero-order valence-electron chi connectivity index (χ0n) is 21.7. The van der Waals surface area contributed by atoms with E-state index in [2.05, 4.69) is 28.0 Å². The van der Waals surface area contributed by atoms with Gasteiger partial charge in [-0.15, -0.1) is 0 Å². The van der Waals surface area contributed by atoms with Crippen LogP contribution < -0.4 is 10.8 Å². The molecular formula is C29H51N3P2. The third-order valence-electron chi connectivity index (χ3n) is 9.42. The van der Waals surface area contributed by atoms with Crippen LogP contribution in [0.5, 0.6) is 0 Å². The molecule has 1 aliphatic heterocycles. The molecule has 0 radical (unpaired) electrons. The van der Waals surface area contributed by atoms with E-state index in [4.69, 9.17) is 5.73 Å². The lowest BCUT2D eigenvalue weighted by atomic mass is 9.99. The summed E-state index contributed by atoms with van der Waals surface area (Å²) < 4.78 is 2.81. The van der Waals surface area contributed by atoms with Crippen molar-refractivity contribution in [3.05, 3.63) is 24.0 Å². The van der Waals surface area contributed by atoms with E-state index in [-0.39, 0.29) is 22.3 Å². The van der Waals surface area contributed by atoms with Crippen LogP contribution in [0.3, 0.4) is 0 Å². The fourth-order valence-corrected chi connectivity index (χ4v) is 14.8. The Hall–Kier alpha value is -0.100. The highest BCUT2D eigenvalue weighted by atomic mass is 31.1. The Bertz CT molecular complexity index is 635. The summed E-state index contributed by atoms with van der Waals surface area (Å²) in [5.74, 6) is 1.44. The molecule has 5 rings (SSSR count). The number of allylic oxidation sites excluding steroid dienone is 2. The molecule has 5 heteroatoms. The minimum absolute atomic E-state index is 0.0667. The topological polar surface area (TPSA) is 41.3 Å². The van der Waals surface area contributed by atoms with E-state index in [0.29, 0.717) is 0 Å². The van der Waals surface area contributed by atoms with E-state index in [1.54, 1.807) is 0 Å². The minimum atomic E-state index is -0.223. The molecule has 1 unspecified atom stereocenters. The van der Waals surface area contributed by atoms with E-state index < -0.39 is 0 Å². The lowest BCUT2D eigenvalue weighted by Crippen LogP contribution is -2.46. The average molecular weight is 504 g/mol. The molecule has 3 N–H and O–H groups in total. The van der Waals surface area contributed by atoms with Crippen LogP contribution in [0.1, 0.15) is 128 Å². The maximum Gasteiger partial charge on any atom is 0.109 e. The van der Waals surface area contributed by atoms with Crippen molar-refractivity contribution in [3.8, 4) is 0 Å². The van der Waals surface area contributed by atoms with Crippen LogP contribution >= 0.6 is 16.1 Å². The predicted molar refractivity (Wildman–Crippen MR) is 152 cm³/mol. The first-order chi connectivity index (χ1) is 16.8. The maximum absolute atomic E-state index is 7.00. The van der Waals surface area contributed by atoms with Crippen molar-refractivity contribution in [1.29, 1.82) is 0 Å². The molecule has 4 fully saturated rings. The summed E-state index contributed by atoms with van der Waals surface area (Å²) in [5, 5.41) is 4.37. The molecule has 0 bridgehead atoms. The quantitative estimate of drug-likeness (QED) is 0.341. The fraction of sp³-hybridized carbons (Fsp3) is 0.862. The van der Waals surface area contributed by atoms with E-state index in [1.165, 1.54) is 134 Å². The molecule has 3 nitrogen and oxygen atoms in total. The Kier molecular flexibility index (Phi) is 9.71. The summed E-state index contributed by atoms with van der Waals surface area (Å²) >= 11 is 0. The largest absolute Gasteiger partial charge is 0.350 e. The zero-order valence-corrected chi connectivity index (χ0v) is 23.5. The maximum atomic E-state index is 7.00. The standard InChI is InChI=1S/C29H51N3P2/c30-28-22-13-23-29(31-33(24-14-5-1-6-15-24)25-16-7-2-8-17-25)32(28)34(26-18-9-3-10-19-26)27-20-11-4-12-21-27/h13,22-28,31H,1-12,14-21,30H2. The van der Waals surface area contributed by atoms with Gasteiger partial charge in [-0.3, -0.25) is 0 Å². The molecule has 192 valence electrons. The number of nitrogens with zero attached hydrogens (tertiary/aromatic N) is 1. The van der Waals surface area contributed by atoms with Crippen molar-refractivity contribution in [3.63, 3.8) is 0 Å². The monoisotopic (exact) mass is 503 g/mol. The molecule has 0 aromatic carbocycles. The smallest absolute Gasteiger partial charge is 0.109 e. The third kappa shape index (κ3) is 6.23. The van der Waals surface area contributed by atoms with Gasteiger partial charge < -0.3 is 15.5 Å². The molecule has 0 aromatic rings. The van der Waals surface area contributed by atoms with Crippen LogP contribution in [0.25, 0.3) is 0 Å². The van der Waals surface area contributed by atoms with Crippen molar-refractivity contribution >= 4 is 16.1 Å². The van der Waals surface area contributed by atoms with Crippen LogP contribution in [-0.4, -0.2) is 33.5 Å². The molecule has 5 aliphatic rings. The highest BCUT2D eigenvalue weighted by Crippen LogP contribution is 2.61. The van der Waals surface area contributed by atoms with E-state index in [9.17, 15) is 0 Å². The summed E-state index contributed by atoms with van der Waals surface area (Å²) in [5.41, 5.74) is 10.6. The van der Waals surface area contributed by atoms with Gasteiger partial charge >= 0.3 is 0 Å². The first kappa shape index (κ1) is 25.5. The van der Waals surface area contributed by atoms with Crippen molar-refractivity contribution in [2.75, 3.05) is 0 Å². The van der Waals surface area contributed by atoms with Gasteiger partial charge in [0.25, 0.3) is 0 Å². The van der Waals surface area contributed by atoms with Crippen molar-refractivity contribution in [2.45, 2.75) is 157 Å². The first-order valence-corrected chi connectivity index (χ1v) is 18.0. The number of hydrogen-bond acceptors (Lipinski definition) is 3. The molecular weight excluding hydrogens is 452 g/mol. The highest BCUT2D eigenvalue weighted by molar-refractivity contribution is 7.58. The number of nitrogens with one attached hydrogen (secondary N) is 1. The second-order valence-electron chi connectivity index (χ2n) is 11.8. The molecule has 0 amide bonds. The Morgan fingerprint density at radius 1 is 0.618 bits per heavy atom. The fourth-order valence-electron chi connectivity index (χ4n) is 7.62. The van der Waals surface area contributed by atoms with E-state index >= 15 is 0 Å². The Morgan fingerprint density at radius 2 is 1.03 bits per heavy atom. The summed E-state index contributed by atoms with van der Waals surface area (Å²) in [7, 11) is -0.387. The van der Waals surface area contributed by atoms with E-state index in [0.717, 1.165) is 22.6 Å². The summed E-state index contributed by atoms with van der Waals surface area (Å²) in [4.78, 5) is 0. The van der Waals surface area contributed by atoms with Gasteiger partial charge in [-0.1, -0.05) is 83.1 Å². The molecule has 0 saturated heterocycles. The summed E-state index contributed by atoms with van der Waals surface area (Å²) in [6.45, 7) is 0. The van der Waals surface area contributed by atoms with Gasteiger partial charge in [0, 0.05) is 8.07 Å². The molecule has 0 aromatic heterocycles. The van der Waals surface area contributed by atoms with Crippen molar-refractivity contribution in [1.82, 2.24) is 9.76 Å². The Balaban J connectivity index is 1.41. The van der Waals surface area contributed by atoms with Crippen molar-refractivity contribution < 1.29 is 0 Å². The molecule has 4 aliphatic carbocycles. The highest BCUT2D eigenvalue weighted by Gasteiger charge is 2.40. The first-order valence-electron chi connectivity index (χ1n) is 15.1. The van der Waals surface area contributed by atoms with Crippen LogP contribution in [-0.2, 0) is 0 Å². The number of hydrogen-bond donors (Lipinski definition) is 2. The van der Waals surface area contributed by atoms with Crippen LogP contribution in [0.2, 0.25) is 0 Å². The second-order valence-corrected chi connectivity index (χ2v) is 17.0. The minimum Gasteiger partial charge on any atom is -0.350 e. The Labute approximate surface area is 212 Å². The van der Waals surface area contributed by atoms with Gasteiger partial charge in [0.1, 0.15) is 12.0 Å². The van der Waals surface area contributed by atoms with Gasteiger partial charge in [-0.2, -0.15) is 0 Å². The van der Waals surface area contributed by atoms with Crippen LogP contribution in [0, 0.1) is 0 Å². The van der Waals surface area contributed by atoms with Gasteiger partial charge in [-0.05, 0) is 94.2 Å². The lowest BCUT2D eigenvalue weighted by molar-refractivity contribution is 0.410.